The molecule has 0 fully saturated rings. The zero-order valence-electron chi connectivity index (χ0n) is 10.8. The van der Waals surface area contributed by atoms with Gasteiger partial charge in [0.25, 0.3) is 5.91 Å². The summed E-state index contributed by atoms with van der Waals surface area (Å²) in [6.45, 7) is 6.34. The molecule has 2 aromatic rings. The summed E-state index contributed by atoms with van der Waals surface area (Å²) in [6, 6.07) is 7.78. The number of aromatic nitrogens is 1. The van der Waals surface area contributed by atoms with Gasteiger partial charge >= 0.3 is 0 Å². The number of nitrogens with zero attached hydrogens (tertiary/aromatic N) is 1. The van der Waals surface area contributed by atoms with Gasteiger partial charge in [0.05, 0.1) is 0 Å². The Morgan fingerprint density at radius 1 is 1.28 bits per heavy atom. The van der Waals surface area contributed by atoms with Gasteiger partial charge in [-0.2, -0.15) is 0 Å². The summed E-state index contributed by atoms with van der Waals surface area (Å²) in [4.78, 5) is 11.8. The maximum atomic E-state index is 11.8. The normalized spacial score (nSPS) is 10.4. The fourth-order valence-corrected chi connectivity index (χ4v) is 1.78. The lowest BCUT2D eigenvalue weighted by molar-refractivity contribution is 0.0942. The Labute approximate surface area is 106 Å². The molecule has 1 N–H and O–H groups in total. The molecule has 1 heterocycles. The predicted molar refractivity (Wildman–Crippen MR) is 68.3 cm³/mol. The molecular weight excluding hydrogens is 228 g/mol. The SMILES string of the molecule is Cc1ccc(CNC(=O)c2cc(C)on2)c(C)c1. The molecule has 0 radical (unpaired) electrons. The Morgan fingerprint density at radius 3 is 2.67 bits per heavy atom. The van der Waals surface area contributed by atoms with Crippen LogP contribution in [0.1, 0.15) is 32.9 Å². The third kappa shape index (κ3) is 2.77. The van der Waals surface area contributed by atoms with Crippen LogP contribution in [0.15, 0.2) is 28.8 Å². The van der Waals surface area contributed by atoms with Gasteiger partial charge in [-0.3, -0.25) is 4.79 Å². The summed E-state index contributed by atoms with van der Waals surface area (Å²) >= 11 is 0. The lowest BCUT2D eigenvalue weighted by atomic mass is 10.1. The molecule has 2 rings (SSSR count). The van der Waals surface area contributed by atoms with E-state index in [0.29, 0.717) is 18.0 Å². The van der Waals surface area contributed by atoms with E-state index in [1.54, 1.807) is 13.0 Å². The summed E-state index contributed by atoms with van der Waals surface area (Å²) in [6.07, 6.45) is 0. The fraction of sp³-hybridized carbons (Fsp3) is 0.286. The van der Waals surface area contributed by atoms with Crippen molar-refractivity contribution in [2.75, 3.05) is 0 Å². The molecule has 18 heavy (non-hydrogen) atoms. The van der Waals surface area contributed by atoms with Crippen LogP contribution in [-0.2, 0) is 6.54 Å². The predicted octanol–water partition coefficient (Wildman–Crippen LogP) is 2.53. The molecule has 94 valence electrons. The zero-order valence-corrected chi connectivity index (χ0v) is 10.8. The van der Waals surface area contributed by atoms with E-state index in [4.69, 9.17) is 4.52 Å². The topological polar surface area (TPSA) is 55.1 Å². The number of nitrogens with one attached hydrogen (secondary N) is 1. The molecule has 0 spiro atoms. The maximum Gasteiger partial charge on any atom is 0.273 e. The van der Waals surface area contributed by atoms with Gasteiger partial charge in [0, 0.05) is 12.6 Å². The van der Waals surface area contributed by atoms with E-state index < -0.39 is 0 Å². The second-order valence-electron chi connectivity index (χ2n) is 4.44. The van der Waals surface area contributed by atoms with Crippen LogP contribution in [0.2, 0.25) is 0 Å². The molecule has 1 aromatic heterocycles. The van der Waals surface area contributed by atoms with Crippen LogP contribution in [0.3, 0.4) is 0 Å². The summed E-state index contributed by atoms with van der Waals surface area (Å²) in [7, 11) is 0. The maximum absolute atomic E-state index is 11.8. The van der Waals surface area contributed by atoms with Crippen molar-refractivity contribution in [3.05, 3.63) is 52.4 Å². The Morgan fingerprint density at radius 2 is 2.06 bits per heavy atom. The van der Waals surface area contributed by atoms with E-state index in [1.807, 2.05) is 26.0 Å². The number of hydrogen-bond donors (Lipinski definition) is 1. The fourth-order valence-electron chi connectivity index (χ4n) is 1.78. The molecule has 1 aromatic carbocycles. The first-order valence-electron chi connectivity index (χ1n) is 5.84. The molecule has 0 aliphatic carbocycles. The summed E-state index contributed by atoms with van der Waals surface area (Å²) in [5.74, 6) is 0.415. The lowest BCUT2D eigenvalue weighted by Gasteiger charge is -2.07. The Balaban J connectivity index is 2.01. The van der Waals surface area contributed by atoms with Gasteiger partial charge in [0.1, 0.15) is 5.76 Å². The largest absolute Gasteiger partial charge is 0.361 e. The van der Waals surface area contributed by atoms with Crippen molar-refractivity contribution in [2.24, 2.45) is 0 Å². The zero-order chi connectivity index (χ0) is 13.1. The molecule has 1 amide bonds. The van der Waals surface area contributed by atoms with E-state index in [2.05, 4.69) is 16.5 Å². The van der Waals surface area contributed by atoms with Crippen LogP contribution in [-0.4, -0.2) is 11.1 Å². The third-order valence-electron chi connectivity index (χ3n) is 2.80. The highest BCUT2D eigenvalue weighted by molar-refractivity contribution is 5.92. The van der Waals surface area contributed by atoms with Crippen molar-refractivity contribution in [1.29, 1.82) is 0 Å². The molecule has 0 saturated carbocycles. The molecule has 0 unspecified atom stereocenters. The number of amides is 1. The van der Waals surface area contributed by atoms with Gasteiger partial charge in [0.15, 0.2) is 5.69 Å². The molecule has 0 bridgehead atoms. The Kier molecular flexibility index (Phi) is 3.46. The summed E-state index contributed by atoms with van der Waals surface area (Å²) < 4.78 is 4.87. The van der Waals surface area contributed by atoms with Gasteiger partial charge in [-0.05, 0) is 31.9 Å². The minimum absolute atomic E-state index is 0.216. The second-order valence-corrected chi connectivity index (χ2v) is 4.44. The highest BCUT2D eigenvalue weighted by atomic mass is 16.5. The average molecular weight is 244 g/mol. The van der Waals surface area contributed by atoms with E-state index in [0.717, 1.165) is 5.56 Å². The monoisotopic (exact) mass is 244 g/mol. The third-order valence-corrected chi connectivity index (χ3v) is 2.80. The first kappa shape index (κ1) is 12.4. The molecule has 0 atom stereocenters. The van der Waals surface area contributed by atoms with Crippen molar-refractivity contribution in [3.8, 4) is 0 Å². The average Bonchev–Trinajstić information content (AvgIpc) is 2.74. The number of hydrogen-bond acceptors (Lipinski definition) is 3. The summed E-state index contributed by atoms with van der Waals surface area (Å²) in [5, 5.41) is 6.50. The van der Waals surface area contributed by atoms with Crippen LogP contribution in [0.25, 0.3) is 0 Å². The van der Waals surface area contributed by atoms with Crippen molar-refractivity contribution >= 4 is 5.91 Å². The highest BCUT2D eigenvalue weighted by Gasteiger charge is 2.10. The molecule has 0 saturated heterocycles. The van der Waals surface area contributed by atoms with E-state index >= 15 is 0 Å². The highest BCUT2D eigenvalue weighted by Crippen LogP contribution is 2.10. The van der Waals surface area contributed by atoms with Crippen molar-refractivity contribution in [2.45, 2.75) is 27.3 Å². The van der Waals surface area contributed by atoms with Crippen molar-refractivity contribution in [1.82, 2.24) is 10.5 Å². The van der Waals surface area contributed by atoms with Gasteiger partial charge in [-0.15, -0.1) is 0 Å². The minimum Gasteiger partial charge on any atom is -0.361 e. The van der Waals surface area contributed by atoms with E-state index in [-0.39, 0.29) is 5.91 Å². The van der Waals surface area contributed by atoms with Crippen LogP contribution in [0.5, 0.6) is 0 Å². The van der Waals surface area contributed by atoms with Gasteiger partial charge < -0.3 is 9.84 Å². The van der Waals surface area contributed by atoms with Crippen LogP contribution in [0.4, 0.5) is 0 Å². The van der Waals surface area contributed by atoms with Gasteiger partial charge in [0.2, 0.25) is 0 Å². The number of benzene rings is 1. The van der Waals surface area contributed by atoms with Gasteiger partial charge in [-0.1, -0.05) is 28.9 Å². The summed E-state index contributed by atoms with van der Waals surface area (Å²) in [5.41, 5.74) is 3.81. The number of carbonyl (C=O) groups is 1. The smallest absolute Gasteiger partial charge is 0.273 e. The van der Waals surface area contributed by atoms with E-state index in [9.17, 15) is 4.79 Å². The standard InChI is InChI=1S/C14H16N2O2/c1-9-4-5-12(10(2)6-9)8-15-14(17)13-7-11(3)18-16-13/h4-7H,8H2,1-3H3,(H,15,17). The van der Waals surface area contributed by atoms with Gasteiger partial charge in [-0.25, -0.2) is 0 Å². The van der Waals surface area contributed by atoms with Crippen LogP contribution >= 0.6 is 0 Å². The molecule has 0 aliphatic heterocycles. The lowest BCUT2D eigenvalue weighted by Crippen LogP contribution is -2.23. The number of carbonyl (C=O) groups excluding carboxylic acids is 1. The second kappa shape index (κ2) is 5.04. The quantitative estimate of drug-likeness (QED) is 0.902. The van der Waals surface area contributed by atoms with Crippen molar-refractivity contribution in [3.63, 3.8) is 0 Å². The first-order chi connectivity index (χ1) is 8.56. The van der Waals surface area contributed by atoms with Crippen molar-refractivity contribution < 1.29 is 9.32 Å². The minimum atomic E-state index is -0.216. The molecule has 0 aliphatic rings. The Bertz CT molecular complexity index is 573. The van der Waals surface area contributed by atoms with Crippen LogP contribution in [0, 0.1) is 20.8 Å². The number of aryl methyl sites for hydroxylation is 3. The van der Waals surface area contributed by atoms with Crippen LogP contribution < -0.4 is 5.32 Å². The Hall–Kier alpha value is -2.10. The molecule has 4 nitrogen and oxygen atoms in total. The molecular formula is C14H16N2O2. The number of rotatable bonds is 3. The first-order valence-corrected chi connectivity index (χ1v) is 5.84. The van der Waals surface area contributed by atoms with E-state index in [1.165, 1.54) is 11.1 Å². The molecule has 4 heteroatoms.